The number of fused-ring (bicyclic) bond motifs is 1. The summed E-state index contributed by atoms with van der Waals surface area (Å²) in [5.41, 5.74) is 1.28. The number of nitrogens with one attached hydrogen (secondary N) is 1. The molecule has 0 saturated heterocycles. The largest absolute Gasteiger partial charge is 0.321 e. The van der Waals surface area contributed by atoms with Crippen LogP contribution in [0.1, 0.15) is 10.5 Å². The van der Waals surface area contributed by atoms with Crippen molar-refractivity contribution in [2.24, 2.45) is 0 Å². The second kappa shape index (κ2) is 5.87. The van der Waals surface area contributed by atoms with E-state index in [0.29, 0.717) is 11.3 Å². The van der Waals surface area contributed by atoms with Gasteiger partial charge >= 0.3 is 0 Å². The molecule has 1 amide bonds. The van der Waals surface area contributed by atoms with Crippen molar-refractivity contribution in [1.82, 2.24) is 9.38 Å². The maximum absolute atomic E-state index is 13.1. The SMILES string of the molecule is N#CSc1ccc(NC(=O)c2cn3cc(F)ccc3n2)cc1. The average Bonchev–Trinajstić information content (AvgIpc) is 2.92. The number of hydrogen-bond donors (Lipinski definition) is 1. The second-order valence-electron chi connectivity index (χ2n) is 4.41. The molecular weight excluding hydrogens is 303 g/mol. The zero-order valence-corrected chi connectivity index (χ0v) is 12.0. The highest BCUT2D eigenvalue weighted by molar-refractivity contribution is 8.03. The van der Waals surface area contributed by atoms with Crippen LogP contribution >= 0.6 is 11.8 Å². The summed E-state index contributed by atoms with van der Waals surface area (Å²) in [5.74, 6) is -0.785. The van der Waals surface area contributed by atoms with E-state index < -0.39 is 5.82 Å². The molecule has 0 aliphatic heterocycles. The number of carbonyl (C=O) groups excluding carboxylic acids is 1. The predicted molar refractivity (Wildman–Crippen MR) is 81.0 cm³/mol. The number of hydrogen-bond acceptors (Lipinski definition) is 4. The van der Waals surface area contributed by atoms with Gasteiger partial charge in [-0.25, -0.2) is 9.37 Å². The van der Waals surface area contributed by atoms with Gasteiger partial charge in [0.2, 0.25) is 0 Å². The molecule has 0 fully saturated rings. The molecule has 0 saturated carbocycles. The van der Waals surface area contributed by atoms with E-state index >= 15 is 0 Å². The Morgan fingerprint density at radius 2 is 2.00 bits per heavy atom. The van der Waals surface area contributed by atoms with Gasteiger partial charge in [-0.1, -0.05) is 0 Å². The van der Waals surface area contributed by atoms with Crippen molar-refractivity contribution in [3.05, 3.63) is 60.3 Å². The lowest BCUT2D eigenvalue weighted by molar-refractivity contribution is 0.102. The molecule has 22 heavy (non-hydrogen) atoms. The summed E-state index contributed by atoms with van der Waals surface area (Å²) in [6, 6.07) is 9.67. The Kier molecular flexibility index (Phi) is 3.76. The van der Waals surface area contributed by atoms with Gasteiger partial charge < -0.3 is 9.72 Å². The number of nitrogens with zero attached hydrogens (tertiary/aromatic N) is 3. The first-order valence-electron chi connectivity index (χ1n) is 6.27. The molecule has 5 nitrogen and oxygen atoms in total. The number of carbonyl (C=O) groups is 1. The Hall–Kier alpha value is -2.85. The first-order chi connectivity index (χ1) is 10.7. The van der Waals surface area contributed by atoms with Crippen LogP contribution in [0.3, 0.4) is 0 Å². The number of nitriles is 1. The smallest absolute Gasteiger partial charge is 0.275 e. The minimum Gasteiger partial charge on any atom is -0.321 e. The summed E-state index contributed by atoms with van der Waals surface area (Å²) < 4.78 is 14.6. The number of thioether (sulfide) groups is 1. The van der Waals surface area contributed by atoms with E-state index in [0.717, 1.165) is 16.7 Å². The number of halogens is 1. The Balaban J connectivity index is 1.79. The third-order valence-electron chi connectivity index (χ3n) is 2.92. The van der Waals surface area contributed by atoms with Gasteiger partial charge in [-0.15, -0.1) is 0 Å². The number of thiocyanates is 1. The number of rotatable bonds is 3. The normalized spacial score (nSPS) is 10.4. The van der Waals surface area contributed by atoms with E-state index in [1.54, 1.807) is 24.3 Å². The highest BCUT2D eigenvalue weighted by Crippen LogP contribution is 2.19. The molecule has 1 aromatic carbocycles. The quantitative estimate of drug-likeness (QED) is 0.595. The molecule has 0 unspecified atom stereocenters. The summed E-state index contributed by atoms with van der Waals surface area (Å²) in [6.07, 6.45) is 2.72. The van der Waals surface area contributed by atoms with Gasteiger partial charge in [0.25, 0.3) is 5.91 Å². The molecule has 7 heteroatoms. The van der Waals surface area contributed by atoms with Crippen LogP contribution in [0.5, 0.6) is 0 Å². The molecule has 2 heterocycles. The first-order valence-corrected chi connectivity index (χ1v) is 7.09. The Bertz CT molecular complexity index is 883. The summed E-state index contributed by atoms with van der Waals surface area (Å²) in [4.78, 5) is 17.1. The third-order valence-corrected chi connectivity index (χ3v) is 3.52. The Labute approximate surface area is 129 Å². The fourth-order valence-corrected chi connectivity index (χ4v) is 2.31. The predicted octanol–water partition coefficient (Wildman–Crippen LogP) is 3.30. The summed E-state index contributed by atoms with van der Waals surface area (Å²) >= 11 is 1.05. The van der Waals surface area contributed by atoms with E-state index in [1.165, 1.54) is 28.9 Å². The van der Waals surface area contributed by atoms with Gasteiger partial charge in [-0.2, -0.15) is 5.26 Å². The highest BCUT2D eigenvalue weighted by atomic mass is 32.2. The van der Waals surface area contributed by atoms with Crippen LogP contribution in [0.15, 0.2) is 53.7 Å². The summed E-state index contributed by atoms with van der Waals surface area (Å²) in [6.45, 7) is 0. The van der Waals surface area contributed by atoms with Gasteiger partial charge in [0.05, 0.1) is 0 Å². The van der Waals surface area contributed by atoms with Gasteiger partial charge in [0.1, 0.15) is 22.6 Å². The van der Waals surface area contributed by atoms with Crippen molar-refractivity contribution in [2.75, 3.05) is 5.32 Å². The minimum absolute atomic E-state index is 0.195. The van der Waals surface area contributed by atoms with Crippen LogP contribution in [0.2, 0.25) is 0 Å². The minimum atomic E-state index is -0.401. The van der Waals surface area contributed by atoms with Crippen LogP contribution in [-0.2, 0) is 0 Å². The van der Waals surface area contributed by atoms with Crippen molar-refractivity contribution in [1.29, 1.82) is 5.26 Å². The maximum Gasteiger partial charge on any atom is 0.275 e. The number of amides is 1. The van der Waals surface area contributed by atoms with Crippen LogP contribution < -0.4 is 5.32 Å². The van der Waals surface area contributed by atoms with E-state index in [-0.39, 0.29) is 11.6 Å². The van der Waals surface area contributed by atoms with Gasteiger partial charge in [0, 0.05) is 23.0 Å². The Morgan fingerprint density at radius 3 is 2.73 bits per heavy atom. The van der Waals surface area contributed by atoms with Crippen molar-refractivity contribution < 1.29 is 9.18 Å². The number of aromatic nitrogens is 2. The van der Waals surface area contributed by atoms with Crippen LogP contribution in [0, 0.1) is 16.5 Å². The number of benzene rings is 1. The molecule has 3 rings (SSSR count). The van der Waals surface area contributed by atoms with Crippen LogP contribution in [0.4, 0.5) is 10.1 Å². The van der Waals surface area contributed by atoms with Crippen molar-refractivity contribution in [3.63, 3.8) is 0 Å². The molecule has 0 atom stereocenters. The number of pyridine rings is 1. The zero-order valence-electron chi connectivity index (χ0n) is 11.2. The lowest BCUT2D eigenvalue weighted by Crippen LogP contribution is -2.12. The molecule has 3 aromatic rings. The van der Waals surface area contributed by atoms with Gasteiger partial charge in [0.15, 0.2) is 0 Å². The third kappa shape index (κ3) is 2.92. The fraction of sp³-hybridized carbons (Fsp3) is 0. The number of imidazole rings is 1. The van der Waals surface area contributed by atoms with Crippen molar-refractivity contribution in [2.45, 2.75) is 4.90 Å². The fourth-order valence-electron chi connectivity index (χ4n) is 1.93. The molecule has 0 aliphatic rings. The topological polar surface area (TPSA) is 70.2 Å². The monoisotopic (exact) mass is 312 g/mol. The van der Waals surface area contributed by atoms with Gasteiger partial charge in [-0.3, -0.25) is 4.79 Å². The zero-order chi connectivity index (χ0) is 15.5. The Morgan fingerprint density at radius 1 is 1.23 bits per heavy atom. The van der Waals surface area contributed by atoms with Crippen LogP contribution in [-0.4, -0.2) is 15.3 Å². The van der Waals surface area contributed by atoms with E-state index in [9.17, 15) is 9.18 Å². The number of anilines is 1. The molecule has 108 valence electrons. The van der Waals surface area contributed by atoms with Crippen molar-refractivity contribution in [3.8, 4) is 5.40 Å². The molecule has 0 bridgehead atoms. The van der Waals surface area contributed by atoms with E-state index in [2.05, 4.69) is 10.3 Å². The molecule has 0 radical (unpaired) electrons. The molecule has 0 spiro atoms. The highest BCUT2D eigenvalue weighted by Gasteiger charge is 2.11. The van der Waals surface area contributed by atoms with E-state index in [4.69, 9.17) is 5.26 Å². The first kappa shape index (κ1) is 14.1. The van der Waals surface area contributed by atoms with Crippen molar-refractivity contribution >= 4 is 29.0 Å². The van der Waals surface area contributed by atoms with Gasteiger partial charge in [-0.05, 0) is 48.2 Å². The maximum atomic E-state index is 13.1. The molecule has 0 aliphatic carbocycles. The summed E-state index contributed by atoms with van der Waals surface area (Å²) in [7, 11) is 0. The molecular formula is C15H9FN4OS. The van der Waals surface area contributed by atoms with Crippen LogP contribution in [0.25, 0.3) is 5.65 Å². The second-order valence-corrected chi connectivity index (χ2v) is 5.27. The molecule has 1 N–H and O–H groups in total. The van der Waals surface area contributed by atoms with E-state index in [1.807, 2.05) is 5.40 Å². The molecule has 2 aromatic heterocycles. The lowest BCUT2D eigenvalue weighted by atomic mass is 10.3. The summed E-state index contributed by atoms with van der Waals surface area (Å²) in [5, 5.41) is 13.3. The standard InChI is InChI=1S/C15H9FN4OS/c16-10-1-6-14-19-13(8-20(14)7-10)15(21)18-11-2-4-12(5-3-11)22-9-17/h1-8H,(H,18,21). The lowest BCUT2D eigenvalue weighted by Gasteiger charge is -2.03. The average molecular weight is 312 g/mol.